The Morgan fingerprint density at radius 2 is 2.28 bits per heavy atom. The van der Waals surface area contributed by atoms with E-state index < -0.39 is 0 Å². The second-order valence-corrected chi connectivity index (χ2v) is 6.71. The first kappa shape index (κ1) is 14.2. The molecule has 0 aromatic heterocycles. The molecule has 0 aromatic carbocycles. The molecule has 2 N–H and O–H groups in total. The van der Waals surface area contributed by atoms with Crippen molar-refractivity contribution in [3.8, 4) is 0 Å². The summed E-state index contributed by atoms with van der Waals surface area (Å²) in [5.74, 6) is 1.36. The second kappa shape index (κ2) is 6.78. The van der Waals surface area contributed by atoms with Gasteiger partial charge < -0.3 is 15.4 Å². The van der Waals surface area contributed by atoms with Gasteiger partial charge in [-0.15, -0.1) is 11.8 Å². The smallest absolute Gasteiger partial charge is 0.233 e. The summed E-state index contributed by atoms with van der Waals surface area (Å²) in [5, 5.41) is 6.71. The fourth-order valence-electron chi connectivity index (χ4n) is 2.81. The predicted molar refractivity (Wildman–Crippen MR) is 74.9 cm³/mol. The average Bonchev–Trinajstić information content (AvgIpc) is 2.91. The number of methoxy groups -OCH3 is 1. The van der Waals surface area contributed by atoms with Gasteiger partial charge >= 0.3 is 0 Å². The van der Waals surface area contributed by atoms with Gasteiger partial charge in [0.1, 0.15) is 0 Å². The van der Waals surface area contributed by atoms with Crippen molar-refractivity contribution in [2.24, 2.45) is 5.41 Å². The molecular weight excluding hydrogens is 248 g/mol. The summed E-state index contributed by atoms with van der Waals surface area (Å²) in [4.78, 5) is 12.0. The highest BCUT2D eigenvalue weighted by Crippen LogP contribution is 2.29. The topological polar surface area (TPSA) is 50.4 Å². The van der Waals surface area contributed by atoms with E-state index in [1.807, 2.05) is 0 Å². The zero-order chi connectivity index (χ0) is 12.8. The Kier molecular flexibility index (Phi) is 5.33. The van der Waals surface area contributed by atoms with E-state index in [0.717, 1.165) is 51.3 Å². The third-order valence-corrected chi connectivity index (χ3v) is 5.35. The summed E-state index contributed by atoms with van der Waals surface area (Å²) in [7, 11) is 1.75. The standard InChI is InChI=1S/C13H24N2O2S/c1-17-10-13(4-6-14-7-5-13)9-15-12(16)11-3-2-8-18-11/h11,14H,2-10H2,1H3,(H,15,16). The Labute approximate surface area is 114 Å². The van der Waals surface area contributed by atoms with Crippen LogP contribution in [0.25, 0.3) is 0 Å². The van der Waals surface area contributed by atoms with Crippen molar-refractivity contribution >= 4 is 17.7 Å². The Morgan fingerprint density at radius 3 is 2.89 bits per heavy atom. The van der Waals surface area contributed by atoms with Gasteiger partial charge in [-0.25, -0.2) is 0 Å². The van der Waals surface area contributed by atoms with E-state index in [0.29, 0.717) is 0 Å². The molecule has 4 nitrogen and oxygen atoms in total. The van der Waals surface area contributed by atoms with Gasteiger partial charge in [0.25, 0.3) is 0 Å². The zero-order valence-corrected chi connectivity index (χ0v) is 12.0. The number of ether oxygens (including phenoxy) is 1. The minimum atomic E-state index is 0.138. The molecule has 1 amide bonds. The SMILES string of the molecule is COCC1(CNC(=O)C2CCCS2)CCNCC1. The first-order valence-electron chi connectivity index (χ1n) is 6.85. The van der Waals surface area contributed by atoms with E-state index in [4.69, 9.17) is 4.74 Å². The van der Waals surface area contributed by atoms with Crippen LogP contribution in [0.2, 0.25) is 0 Å². The van der Waals surface area contributed by atoms with Crippen LogP contribution in [0.1, 0.15) is 25.7 Å². The van der Waals surface area contributed by atoms with Crippen LogP contribution >= 0.6 is 11.8 Å². The lowest BCUT2D eigenvalue weighted by atomic mass is 9.79. The molecule has 0 aliphatic carbocycles. The fraction of sp³-hybridized carbons (Fsp3) is 0.923. The molecule has 0 saturated carbocycles. The largest absolute Gasteiger partial charge is 0.384 e. The maximum absolute atomic E-state index is 12.0. The summed E-state index contributed by atoms with van der Waals surface area (Å²) in [6.45, 7) is 3.56. The number of rotatable bonds is 5. The quantitative estimate of drug-likeness (QED) is 0.784. The molecule has 5 heteroatoms. The fourth-order valence-corrected chi connectivity index (χ4v) is 3.99. The highest BCUT2D eigenvalue weighted by Gasteiger charge is 2.33. The highest BCUT2D eigenvalue weighted by molar-refractivity contribution is 8.00. The Bertz CT molecular complexity index is 269. The van der Waals surface area contributed by atoms with Crippen LogP contribution in [0.5, 0.6) is 0 Å². The van der Waals surface area contributed by atoms with E-state index in [1.54, 1.807) is 18.9 Å². The van der Waals surface area contributed by atoms with Gasteiger partial charge in [0.05, 0.1) is 11.9 Å². The minimum absolute atomic E-state index is 0.138. The number of hydrogen-bond donors (Lipinski definition) is 2. The van der Waals surface area contributed by atoms with Crippen molar-refractivity contribution in [3.05, 3.63) is 0 Å². The van der Waals surface area contributed by atoms with Crippen molar-refractivity contribution in [1.82, 2.24) is 10.6 Å². The van der Waals surface area contributed by atoms with Gasteiger partial charge in [-0.3, -0.25) is 4.79 Å². The van der Waals surface area contributed by atoms with Crippen LogP contribution in [0.15, 0.2) is 0 Å². The van der Waals surface area contributed by atoms with Crippen LogP contribution in [-0.4, -0.2) is 50.3 Å². The summed E-state index contributed by atoms with van der Waals surface area (Å²) in [6.07, 6.45) is 4.38. The first-order chi connectivity index (χ1) is 8.76. The predicted octanol–water partition coefficient (Wildman–Crippen LogP) is 1.01. The molecule has 0 radical (unpaired) electrons. The number of piperidine rings is 1. The van der Waals surface area contributed by atoms with Crippen LogP contribution < -0.4 is 10.6 Å². The van der Waals surface area contributed by atoms with Crippen LogP contribution in [0, 0.1) is 5.41 Å². The van der Waals surface area contributed by atoms with Gasteiger partial charge in [-0.05, 0) is 44.5 Å². The molecule has 2 heterocycles. The molecule has 2 aliphatic rings. The number of nitrogens with one attached hydrogen (secondary N) is 2. The van der Waals surface area contributed by atoms with E-state index in [2.05, 4.69) is 10.6 Å². The van der Waals surface area contributed by atoms with Gasteiger partial charge in [0.15, 0.2) is 0 Å². The molecule has 2 rings (SSSR count). The van der Waals surface area contributed by atoms with Gasteiger partial charge in [-0.2, -0.15) is 0 Å². The molecule has 0 aromatic rings. The summed E-state index contributed by atoms with van der Waals surface area (Å²) in [5.41, 5.74) is 0.138. The monoisotopic (exact) mass is 272 g/mol. The molecule has 104 valence electrons. The van der Waals surface area contributed by atoms with Crippen molar-refractivity contribution < 1.29 is 9.53 Å². The number of carbonyl (C=O) groups is 1. The van der Waals surface area contributed by atoms with Crippen molar-refractivity contribution in [1.29, 1.82) is 0 Å². The lowest BCUT2D eigenvalue weighted by Crippen LogP contribution is -2.48. The number of amides is 1. The van der Waals surface area contributed by atoms with Gasteiger partial charge in [-0.1, -0.05) is 0 Å². The number of hydrogen-bond acceptors (Lipinski definition) is 4. The van der Waals surface area contributed by atoms with Crippen LogP contribution in [0.3, 0.4) is 0 Å². The Morgan fingerprint density at radius 1 is 1.50 bits per heavy atom. The normalized spacial score (nSPS) is 27.1. The maximum atomic E-state index is 12.0. The Hall–Kier alpha value is -0.260. The van der Waals surface area contributed by atoms with Crippen LogP contribution in [-0.2, 0) is 9.53 Å². The first-order valence-corrected chi connectivity index (χ1v) is 7.90. The van der Waals surface area contributed by atoms with E-state index in [-0.39, 0.29) is 16.6 Å². The second-order valence-electron chi connectivity index (χ2n) is 5.40. The third-order valence-electron chi connectivity index (χ3n) is 3.97. The molecule has 1 atom stereocenters. The number of thioether (sulfide) groups is 1. The zero-order valence-electron chi connectivity index (χ0n) is 11.2. The van der Waals surface area contributed by atoms with E-state index in [9.17, 15) is 4.79 Å². The van der Waals surface area contributed by atoms with Crippen molar-refractivity contribution in [3.63, 3.8) is 0 Å². The average molecular weight is 272 g/mol. The Balaban J connectivity index is 1.82. The molecule has 1 unspecified atom stereocenters. The molecular formula is C13H24N2O2S. The highest BCUT2D eigenvalue weighted by atomic mass is 32.2. The van der Waals surface area contributed by atoms with E-state index >= 15 is 0 Å². The molecule has 0 bridgehead atoms. The molecule has 2 fully saturated rings. The molecule has 0 spiro atoms. The molecule has 2 aliphatic heterocycles. The lowest BCUT2D eigenvalue weighted by molar-refractivity contribution is -0.121. The summed E-state index contributed by atoms with van der Waals surface area (Å²) >= 11 is 1.79. The van der Waals surface area contributed by atoms with Crippen molar-refractivity contribution in [2.75, 3.05) is 39.1 Å². The minimum Gasteiger partial charge on any atom is -0.384 e. The number of carbonyl (C=O) groups excluding carboxylic acids is 1. The maximum Gasteiger partial charge on any atom is 0.233 e. The van der Waals surface area contributed by atoms with Gasteiger partial charge in [0, 0.05) is 19.1 Å². The van der Waals surface area contributed by atoms with E-state index in [1.165, 1.54) is 6.42 Å². The summed E-state index contributed by atoms with van der Waals surface area (Å²) in [6, 6.07) is 0. The van der Waals surface area contributed by atoms with Crippen molar-refractivity contribution in [2.45, 2.75) is 30.9 Å². The molecule has 18 heavy (non-hydrogen) atoms. The lowest BCUT2D eigenvalue weighted by Gasteiger charge is -2.37. The van der Waals surface area contributed by atoms with Gasteiger partial charge in [0.2, 0.25) is 5.91 Å². The third kappa shape index (κ3) is 3.62. The van der Waals surface area contributed by atoms with Crippen LogP contribution in [0.4, 0.5) is 0 Å². The summed E-state index contributed by atoms with van der Waals surface area (Å²) < 4.78 is 5.36. The molecule has 2 saturated heterocycles.